The predicted molar refractivity (Wildman–Crippen MR) is 441 cm³/mol. The Morgan fingerprint density at radius 2 is 0.588 bits per heavy atom. The minimum Gasteiger partial charge on any atom is -0.310 e. The van der Waals surface area contributed by atoms with Gasteiger partial charge in [0.1, 0.15) is 0 Å². The molecule has 4 heteroatoms. The Morgan fingerprint density at radius 3 is 0.961 bits per heavy atom. The van der Waals surface area contributed by atoms with Crippen LogP contribution in [0.1, 0.15) is 143 Å². The number of hydrogen-bond donors (Lipinski definition) is 0. The zero-order valence-corrected chi connectivity index (χ0v) is 61.4. The lowest BCUT2D eigenvalue weighted by Crippen LogP contribution is -2.61. The van der Waals surface area contributed by atoms with E-state index in [9.17, 15) is 8.22 Å². The molecule has 0 saturated heterocycles. The van der Waals surface area contributed by atoms with Crippen LogP contribution in [0.4, 0.5) is 34.1 Å². The third kappa shape index (κ3) is 11.6. The molecular weight excluding hydrogens is 1230 g/mol. The Hall–Kier alpha value is -10.7. The van der Waals surface area contributed by atoms with Crippen LogP contribution in [-0.4, -0.2) is 11.3 Å². The quantitative estimate of drug-likeness (QED) is 0.133. The molecule has 0 unspecified atom stereocenters. The minimum absolute atomic E-state index is 0.0141. The predicted octanol–water partition coefficient (Wildman–Crippen LogP) is 25.4. The van der Waals surface area contributed by atoms with E-state index >= 15 is 0 Å². The first kappa shape index (κ1) is 57.0. The van der Waals surface area contributed by atoms with E-state index in [4.69, 9.17) is 2.74 Å². The summed E-state index contributed by atoms with van der Waals surface area (Å²) in [5.41, 5.74) is 26.7. The average molecular weight is 1330 g/mol. The maximum atomic E-state index is 9.87. The molecule has 1 aromatic heterocycles. The van der Waals surface area contributed by atoms with E-state index in [0.29, 0.717) is 5.69 Å². The first-order valence-corrected chi connectivity index (χ1v) is 36.0. The maximum absolute atomic E-state index is 9.87. The first-order chi connectivity index (χ1) is 52.1. The third-order valence-electron chi connectivity index (χ3n) is 21.3. The van der Waals surface area contributed by atoms with E-state index in [1.54, 1.807) is 4.57 Å². The van der Waals surface area contributed by atoms with Crippen molar-refractivity contribution in [2.24, 2.45) is 0 Å². The molecule has 16 rings (SSSR count). The number of anilines is 6. The van der Waals surface area contributed by atoms with E-state index in [0.717, 1.165) is 117 Å². The molecule has 102 heavy (non-hydrogen) atoms. The van der Waals surface area contributed by atoms with Gasteiger partial charge in [0.25, 0.3) is 6.71 Å². The van der Waals surface area contributed by atoms with Crippen LogP contribution in [0.15, 0.2) is 285 Å². The molecule has 13 aromatic carbocycles. The zero-order chi connectivity index (χ0) is 77.9. The van der Waals surface area contributed by atoms with Crippen LogP contribution in [0, 0.1) is 0 Å². The van der Waals surface area contributed by atoms with Gasteiger partial charge in [0, 0.05) is 61.5 Å². The van der Waals surface area contributed by atoms with Crippen molar-refractivity contribution in [3.8, 4) is 72.4 Å². The summed E-state index contributed by atoms with van der Waals surface area (Å²) < 4.78 is 77.4. The number of nitrogens with zero attached hydrogens (tertiary/aromatic N) is 3. The molecule has 0 amide bonds. The number of benzene rings is 13. The van der Waals surface area contributed by atoms with Crippen LogP contribution in [0.2, 0.25) is 0 Å². The first-order valence-electron chi connectivity index (χ1n) is 40.0. The van der Waals surface area contributed by atoms with Gasteiger partial charge in [-0.2, -0.15) is 0 Å². The largest absolute Gasteiger partial charge is 0.310 e. The molecule has 0 bridgehead atoms. The summed E-state index contributed by atoms with van der Waals surface area (Å²) in [5, 5.41) is 0.0281. The Balaban J connectivity index is 1.11. The van der Waals surface area contributed by atoms with Crippen LogP contribution in [0.25, 0.3) is 94.3 Å². The molecule has 3 heterocycles. The van der Waals surface area contributed by atoms with Gasteiger partial charge in [-0.3, -0.25) is 0 Å². The topological polar surface area (TPSA) is 11.4 Å². The van der Waals surface area contributed by atoms with E-state index in [-0.39, 0.29) is 73.1 Å². The Bertz CT molecular complexity index is 5820. The highest BCUT2D eigenvalue weighted by molar-refractivity contribution is 7.00. The van der Waals surface area contributed by atoms with Crippen molar-refractivity contribution in [2.75, 3.05) is 9.80 Å². The number of hydrogen-bond acceptors (Lipinski definition) is 2. The summed E-state index contributed by atoms with van der Waals surface area (Å²) in [7, 11) is 0. The Labute approximate surface area is 617 Å². The van der Waals surface area contributed by atoms with Gasteiger partial charge in [-0.05, 0) is 158 Å². The molecular formula is C98H92BN3. The molecule has 3 nitrogen and oxygen atoms in total. The lowest BCUT2D eigenvalue weighted by atomic mass is 9.33. The average Bonchev–Trinajstić information content (AvgIpc) is 0.918. The fourth-order valence-corrected chi connectivity index (χ4v) is 15.5. The lowest BCUT2D eigenvalue weighted by Gasteiger charge is -2.46. The number of para-hydroxylation sites is 4. The highest BCUT2D eigenvalue weighted by Gasteiger charge is 2.46. The van der Waals surface area contributed by atoms with E-state index in [1.165, 1.54) is 27.8 Å². The molecule has 0 atom stereocenters. The molecule has 0 radical (unpaired) electrons. The third-order valence-corrected chi connectivity index (χ3v) is 21.3. The van der Waals surface area contributed by atoms with Gasteiger partial charge in [0.15, 0.2) is 0 Å². The van der Waals surface area contributed by atoms with Gasteiger partial charge in [0.05, 0.1) is 33.4 Å². The standard InChI is InChI=1S/C98H92BN3/c1-94(2,3)71-46-35-64(36-47-71)70-60-89-91-90(61-70)102(93-79(67-41-52-74(53-42-67)97(10,11)12)31-24-32-80(93)68-43-54-75(55-44-68)98(13,14)15)88-62-76(100-85-33-21-19-27-81(85)82-28-20-22-34-86(82)100)56-58-84(88)99(91)83-57-45-69(63-25-17-16-18-26-63)59-87(83)101(89)92-77(65-37-48-72(49-38-65)95(4,5)6)29-23-30-78(92)66-39-50-73(51-40-66)96(7,8)9/h16-62H,1-15H3/i19D,20D,21D,22D,27D,28D,33D,34D. The van der Waals surface area contributed by atoms with Crippen LogP contribution in [0.5, 0.6) is 0 Å². The highest BCUT2D eigenvalue weighted by atomic mass is 15.2. The molecule has 2 aliphatic rings. The van der Waals surface area contributed by atoms with E-state index in [2.05, 4.69) is 344 Å². The van der Waals surface area contributed by atoms with Crippen molar-refractivity contribution in [3.05, 3.63) is 313 Å². The molecule has 2 aliphatic heterocycles. The second kappa shape index (κ2) is 24.6. The van der Waals surface area contributed by atoms with Crippen LogP contribution in [0.3, 0.4) is 0 Å². The van der Waals surface area contributed by atoms with Crippen molar-refractivity contribution in [2.45, 2.75) is 131 Å². The molecule has 0 aliphatic carbocycles. The highest BCUT2D eigenvalue weighted by Crippen LogP contribution is 2.55. The van der Waals surface area contributed by atoms with Crippen molar-refractivity contribution < 1.29 is 11.0 Å². The zero-order valence-electron chi connectivity index (χ0n) is 69.4. The van der Waals surface area contributed by atoms with E-state index < -0.39 is 30.9 Å². The van der Waals surface area contributed by atoms with Crippen molar-refractivity contribution in [1.82, 2.24) is 4.57 Å². The Kier molecular flexibility index (Phi) is 13.7. The van der Waals surface area contributed by atoms with Crippen LogP contribution >= 0.6 is 0 Å². The van der Waals surface area contributed by atoms with Crippen molar-refractivity contribution in [1.29, 1.82) is 0 Å². The van der Waals surface area contributed by atoms with Gasteiger partial charge < -0.3 is 14.4 Å². The monoisotopic (exact) mass is 1330 g/mol. The summed E-state index contributed by atoms with van der Waals surface area (Å²) in [5.74, 6) is 0. The molecule has 0 N–H and O–H groups in total. The molecule has 502 valence electrons. The van der Waals surface area contributed by atoms with Crippen molar-refractivity contribution >= 4 is 79.0 Å². The normalized spacial score (nSPS) is 14.3. The Morgan fingerprint density at radius 1 is 0.275 bits per heavy atom. The van der Waals surface area contributed by atoms with Gasteiger partial charge in [-0.25, -0.2) is 0 Å². The number of rotatable bonds is 9. The fraction of sp³-hybridized carbons (Fsp3) is 0.204. The second-order valence-electron chi connectivity index (χ2n) is 33.2. The van der Waals surface area contributed by atoms with Crippen molar-refractivity contribution in [3.63, 3.8) is 0 Å². The van der Waals surface area contributed by atoms with Crippen LogP contribution in [-0.2, 0) is 27.1 Å². The maximum Gasteiger partial charge on any atom is 0.252 e. The smallest absolute Gasteiger partial charge is 0.252 e. The van der Waals surface area contributed by atoms with Gasteiger partial charge >= 0.3 is 0 Å². The molecule has 0 fully saturated rings. The second-order valence-corrected chi connectivity index (χ2v) is 33.2. The summed E-state index contributed by atoms with van der Waals surface area (Å²) in [6.07, 6.45) is 0. The van der Waals surface area contributed by atoms with Gasteiger partial charge in [-0.15, -0.1) is 0 Å². The SMILES string of the molecule is [2H]c1c([2H])c([2H])c2c(c1[2H])c1c([2H])c([2H])c([2H])c([2H])c1n2-c1ccc2c(c1)N(c1c(-c3ccc(C(C)(C)C)cc3)cccc1-c1ccc(C(C)(C)C)cc1)c1cc(-c3ccc(C(C)(C)C)cc3)cc3c1B2c1ccc(-c2ccccc2)cc1N3c1c(-c2ccc(C(C)(C)C)cc2)cccc1-c1ccc(C(C)(C)C)cc1. The van der Waals surface area contributed by atoms with E-state index in [1.807, 2.05) is 6.07 Å². The molecule has 0 spiro atoms. The molecule has 0 saturated carbocycles. The summed E-state index contributed by atoms with van der Waals surface area (Å²) in [6.45, 7) is 33.3. The summed E-state index contributed by atoms with van der Waals surface area (Å²) in [6, 6.07) is 84.1. The minimum atomic E-state index is -0.496. The number of aromatic nitrogens is 1. The van der Waals surface area contributed by atoms with Gasteiger partial charge in [0.2, 0.25) is 0 Å². The number of fused-ring (bicyclic) bond motifs is 7. The molecule has 14 aromatic rings. The lowest BCUT2D eigenvalue weighted by molar-refractivity contribution is 0.590. The van der Waals surface area contributed by atoms with Gasteiger partial charge in [-0.1, -0.05) is 346 Å². The summed E-state index contributed by atoms with van der Waals surface area (Å²) >= 11 is 0. The van der Waals surface area contributed by atoms with Crippen LogP contribution < -0.4 is 26.2 Å². The summed E-state index contributed by atoms with van der Waals surface area (Å²) in [4.78, 5) is 5.05. The fourth-order valence-electron chi connectivity index (χ4n) is 15.5.